The third kappa shape index (κ3) is 11.2. The van der Waals surface area contributed by atoms with Crippen molar-refractivity contribution in [3.63, 3.8) is 0 Å². The van der Waals surface area contributed by atoms with Gasteiger partial charge < -0.3 is 21.5 Å². The molecule has 0 unspecified atom stereocenters. The number of benzene rings is 2. The van der Waals surface area contributed by atoms with Gasteiger partial charge >= 0.3 is 0 Å². The summed E-state index contributed by atoms with van der Waals surface area (Å²) in [6.45, 7) is 10.3. The second kappa shape index (κ2) is 16.3. The smallest absolute Gasteiger partial charge is 0.122 e. The predicted octanol–water partition coefficient (Wildman–Crippen LogP) is 4.68. The van der Waals surface area contributed by atoms with Crippen molar-refractivity contribution in [2.24, 2.45) is 16.5 Å². The molecule has 0 aliphatic rings. The lowest BCUT2D eigenvalue weighted by molar-refractivity contribution is 0.202. The Morgan fingerprint density at radius 3 is 2.12 bits per heavy atom. The Balaban J connectivity index is 0.00000125. The molecule has 0 aromatic heterocycles. The first kappa shape index (κ1) is 27.7. The summed E-state index contributed by atoms with van der Waals surface area (Å²) in [5.74, 6) is 0.0584. The van der Waals surface area contributed by atoms with Gasteiger partial charge in [0.25, 0.3) is 0 Å². The first-order valence-corrected chi connectivity index (χ1v) is 11.3. The van der Waals surface area contributed by atoms with E-state index in [1.54, 1.807) is 13.3 Å². The fourth-order valence-corrected chi connectivity index (χ4v) is 2.62. The second-order valence-electron chi connectivity index (χ2n) is 7.59. The molecule has 0 saturated heterocycles. The molecule has 6 heteroatoms. The summed E-state index contributed by atoms with van der Waals surface area (Å²) in [7, 11) is 1.71. The molecular weight excluding hydrogens is 410 g/mol. The number of amidine groups is 1. The number of methoxy groups -OCH3 is 1. The number of nitrogens with one attached hydrogen (secondary N) is 2. The SMILES string of the molecule is C=C(NCc1ccc(C(=N)N)cc1)/C(C=NCc1ccc(CCOC)cc1)=C/N.CCCC. The average molecular weight is 450 g/mol. The van der Waals surface area contributed by atoms with Crippen LogP contribution in [0.4, 0.5) is 0 Å². The van der Waals surface area contributed by atoms with Crippen LogP contribution in [0.2, 0.25) is 0 Å². The fraction of sp³-hybridized carbons (Fsp3) is 0.333. The lowest BCUT2D eigenvalue weighted by Crippen LogP contribution is -2.15. The van der Waals surface area contributed by atoms with Crippen LogP contribution in [0.25, 0.3) is 0 Å². The number of rotatable bonds is 12. The molecule has 0 saturated carbocycles. The molecule has 2 aromatic rings. The number of hydrogen-bond acceptors (Lipinski definition) is 5. The summed E-state index contributed by atoms with van der Waals surface area (Å²) < 4.78 is 5.10. The zero-order valence-corrected chi connectivity index (χ0v) is 20.2. The van der Waals surface area contributed by atoms with Crippen LogP contribution in [0.1, 0.15) is 48.9 Å². The maximum absolute atomic E-state index is 7.43. The van der Waals surface area contributed by atoms with E-state index in [1.165, 1.54) is 24.6 Å². The van der Waals surface area contributed by atoms with Gasteiger partial charge in [0.1, 0.15) is 5.84 Å². The van der Waals surface area contributed by atoms with Crippen LogP contribution < -0.4 is 16.8 Å². The summed E-state index contributed by atoms with van der Waals surface area (Å²) in [5, 5.41) is 10.7. The Hall–Kier alpha value is -3.38. The molecule has 0 amide bonds. The number of hydrogen-bond donors (Lipinski definition) is 4. The van der Waals surface area contributed by atoms with Gasteiger partial charge in [-0.05, 0) is 23.1 Å². The van der Waals surface area contributed by atoms with Gasteiger partial charge in [0.05, 0.1) is 13.2 Å². The van der Waals surface area contributed by atoms with E-state index in [9.17, 15) is 0 Å². The van der Waals surface area contributed by atoms with Crippen molar-refractivity contribution in [2.45, 2.75) is 46.2 Å². The van der Waals surface area contributed by atoms with Gasteiger partial charge in [0, 0.05) is 42.9 Å². The molecule has 0 aliphatic carbocycles. The Morgan fingerprint density at radius 2 is 1.61 bits per heavy atom. The van der Waals surface area contributed by atoms with Crippen LogP contribution in [-0.2, 0) is 24.2 Å². The average Bonchev–Trinajstić information content (AvgIpc) is 2.85. The highest BCUT2D eigenvalue weighted by atomic mass is 16.5. The van der Waals surface area contributed by atoms with E-state index in [-0.39, 0.29) is 5.84 Å². The molecule has 6 nitrogen and oxygen atoms in total. The van der Waals surface area contributed by atoms with Gasteiger partial charge in [-0.2, -0.15) is 0 Å². The molecule has 0 aliphatic heterocycles. The van der Waals surface area contributed by atoms with Crippen LogP contribution in [0.15, 0.2) is 77.6 Å². The minimum absolute atomic E-state index is 0.0584. The molecule has 33 heavy (non-hydrogen) atoms. The third-order valence-electron chi connectivity index (χ3n) is 4.92. The summed E-state index contributed by atoms with van der Waals surface area (Å²) >= 11 is 0. The number of aliphatic imine (C=N–C) groups is 1. The number of nitrogens with two attached hydrogens (primary N) is 2. The molecule has 0 atom stereocenters. The topological polar surface area (TPSA) is 110 Å². The summed E-state index contributed by atoms with van der Waals surface area (Å²) in [5.41, 5.74) is 16.8. The zero-order chi connectivity index (χ0) is 24.5. The molecule has 0 spiro atoms. The lowest BCUT2D eigenvalue weighted by atomic mass is 10.1. The Labute approximate surface area is 199 Å². The number of allylic oxidation sites excluding steroid dienone is 1. The van der Waals surface area contributed by atoms with Gasteiger partial charge in [-0.25, -0.2) is 0 Å². The molecule has 178 valence electrons. The predicted molar refractivity (Wildman–Crippen MR) is 141 cm³/mol. The summed E-state index contributed by atoms with van der Waals surface area (Å²) in [6.07, 6.45) is 6.77. The summed E-state index contributed by atoms with van der Waals surface area (Å²) in [4.78, 5) is 4.48. The van der Waals surface area contributed by atoms with E-state index in [1.807, 2.05) is 24.3 Å². The Morgan fingerprint density at radius 1 is 1.03 bits per heavy atom. The van der Waals surface area contributed by atoms with Crippen molar-refractivity contribution < 1.29 is 4.74 Å². The maximum atomic E-state index is 7.43. The van der Waals surface area contributed by atoms with Crippen LogP contribution in [0.3, 0.4) is 0 Å². The molecule has 0 heterocycles. The van der Waals surface area contributed by atoms with Gasteiger partial charge in [-0.15, -0.1) is 0 Å². The lowest BCUT2D eigenvalue weighted by Gasteiger charge is -2.10. The van der Waals surface area contributed by atoms with Crippen molar-refractivity contribution in [3.8, 4) is 0 Å². The largest absolute Gasteiger partial charge is 0.404 e. The van der Waals surface area contributed by atoms with Crippen molar-refractivity contribution >= 4 is 12.1 Å². The van der Waals surface area contributed by atoms with Crippen LogP contribution in [0, 0.1) is 5.41 Å². The van der Waals surface area contributed by atoms with Crippen molar-refractivity contribution in [3.05, 3.63) is 94.8 Å². The van der Waals surface area contributed by atoms with Crippen LogP contribution in [0.5, 0.6) is 0 Å². The van der Waals surface area contributed by atoms with Gasteiger partial charge in [-0.1, -0.05) is 81.8 Å². The Kier molecular flexibility index (Phi) is 13.6. The van der Waals surface area contributed by atoms with Gasteiger partial charge in [0.15, 0.2) is 0 Å². The molecule has 2 rings (SSSR count). The van der Waals surface area contributed by atoms with Crippen LogP contribution in [-0.4, -0.2) is 25.8 Å². The highest BCUT2D eigenvalue weighted by Gasteiger charge is 2.02. The normalized spacial score (nSPS) is 11.1. The molecule has 0 fully saturated rings. The van der Waals surface area contributed by atoms with E-state index in [2.05, 4.69) is 55.0 Å². The van der Waals surface area contributed by atoms with Gasteiger partial charge in [0.2, 0.25) is 0 Å². The summed E-state index contributed by atoms with van der Waals surface area (Å²) in [6, 6.07) is 15.8. The molecule has 2 aromatic carbocycles. The number of nitrogens with zero attached hydrogens (tertiary/aromatic N) is 1. The van der Waals surface area contributed by atoms with E-state index < -0.39 is 0 Å². The number of nitrogen functional groups attached to an aromatic ring is 1. The minimum Gasteiger partial charge on any atom is -0.404 e. The van der Waals surface area contributed by atoms with Crippen molar-refractivity contribution in [2.75, 3.05) is 13.7 Å². The fourth-order valence-electron chi connectivity index (χ4n) is 2.62. The minimum atomic E-state index is 0.0584. The second-order valence-corrected chi connectivity index (χ2v) is 7.59. The van der Waals surface area contributed by atoms with Crippen molar-refractivity contribution in [1.29, 1.82) is 5.41 Å². The maximum Gasteiger partial charge on any atom is 0.122 e. The first-order chi connectivity index (χ1) is 15.9. The van der Waals surface area contributed by atoms with E-state index in [0.29, 0.717) is 24.4 Å². The first-order valence-electron chi connectivity index (χ1n) is 11.3. The Bertz CT molecular complexity index is 897. The van der Waals surface area contributed by atoms with E-state index >= 15 is 0 Å². The monoisotopic (exact) mass is 449 g/mol. The van der Waals surface area contributed by atoms with E-state index in [4.69, 9.17) is 21.6 Å². The van der Waals surface area contributed by atoms with Gasteiger partial charge in [-0.3, -0.25) is 10.4 Å². The molecule has 6 N–H and O–H groups in total. The quantitative estimate of drug-likeness (QED) is 0.214. The number of ether oxygens (including phenoxy) is 1. The van der Waals surface area contributed by atoms with Crippen LogP contribution >= 0.6 is 0 Å². The highest BCUT2D eigenvalue weighted by molar-refractivity contribution is 5.94. The van der Waals surface area contributed by atoms with Crippen molar-refractivity contribution in [1.82, 2.24) is 5.32 Å². The number of unbranched alkanes of at least 4 members (excludes halogenated alkanes) is 1. The molecule has 0 radical (unpaired) electrons. The highest BCUT2D eigenvalue weighted by Crippen LogP contribution is 2.09. The zero-order valence-electron chi connectivity index (χ0n) is 20.2. The molecule has 0 bridgehead atoms. The standard InChI is InChI=1S/C23H29N5O.C4H10/c1-17(28-15-20-7-9-21(10-8-20)23(25)26)22(13-24)16-27-14-19-5-3-18(4-6-19)11-12-29-2;1-3-4-2/h3-10,13,16,28H,1,11-12,14-15,24H2,2H3,(H3,25,26);3-4H2,1-2H3/b22-13+,27-16?;. The third-order valence-corrected chi connectivity index (χ3v) is 4.92. The molecular formula is C27H39N5O. The van der Waals surface area contributed by atoms with E-state index in [0.717, 1.165) is 29.7 Å².